The summed E-state index contributed by atoms with van der Waals surface area (Å²) in [7, 11) is 0. The van der Waals surface area contributed by atoms with Crippen molar-refractivity contribution in [1.82, 2.24) is 0 Å². The van der Waals surface area contributed by atoms with Crippen LogP contribution in [0.2, 0.25) is 0 Å². The van der Waals surface area contributed by atoms with E-state index in [1.54, 1.807) is 0 Å². The summed E-state index contributed by atoms with van der Waals surface area (Å²) in [5.74, 6) is 2.21. The van der Waals surface area contributed by atoms with Crippen LogP contribution in [0.4, 0.5) is 0 Å². The SMILES string of the molecule is C[C@H]1CC2C3C(CC[C@]2(C)[C@@H]1O)[C@@]1(C)CC[C@H](O)C[C@H]1C[C@@H]3O. The molecule has 4 fully saturated rings. The van der Waals surface area contributed by atoms with Crippen molar-refractivity contribution in [2.24, 2.45) is 40.4 Å². The van der Waals surface area contributed by atoms with Crippen molar-refractivity contribution in [2.75, 3.05) is 0 Å². The zero-order chi connectivity index (χ0) is 16.6. The third-order valence-electron chi connectivity index (χ3n) is 8.93. The van der Waals surface area contributed by atoms with Gasteiger partial charge in [-0.3, -0.25) is 0 Å². The molecule has 4 rings (SSSR count). The van der Waals surface area contributed by atoms with Crippen LogP contribution in [0.15, 0.2) is 0 Å². The molecule has 0 aromatic rings. The minimum absolute atomic E-state index is 0.00105. The lowest BCUT2D eigenvalue weighted by Gasteiger charge is -2.61. The molecular weight excluding hydrogens is 288 g/mol. The molecule has 0 amide bonds. The Labute approximate surface area is 140 Å². The second kappa shape index (κ2) is 5.19. The van der Waals surface area contributed by atoms with Gasteiger partial charge in [-0.1, -0.05) is 20.8 Å². The van der Waals surface area contributed by atoms with Gasteiger partial charge in [-0.05, 0) is 85.4 Å². The fourth-order valence-electron chi connectivity index (χ4n) is 7.54. The fourth-order valence-corrected chi connectivity index (χ4v) is 7.54. The van der Waals surface area contributed by atoms with Gasteiger partial charge in [0.1, 0.15) is 0 Å². The van der Waals surface area contributed by atoms with Gasteiger partial charge in [0.05, 0.1) is 18.3 Å². The number of aliphatic hydroxyl groups is 3. The lowest BCUT2D eigenvalue weighted by molar-refractivity contribution is -0.177. The number of hydrogen-bond acceptors (Lipinski definition) is 3. The Bertz CT molecular complexity index is 480. The molecule has 0 aliphatic heterocycles. The Morgan fingerprint density at radius 1 is 0.826 bits per heavy atom. The largest absolute Gasteiger partial charge is 0.393 e. The molecule has 10 atom stereocenters. The van der Waals surface area contributed by atoms with E-state index in [0.29, 0.717) is 29.6 Å². The van der Waals surface area contributed by atoms with Crippen molar-refractivity contribution < 1.29 is 15.3 Å². The highest BCUT2D eigenvalue weighted by Crippen LogP contribution is 2.66. The van der Waals surface area contributed by atoms with E-state index in [-0.39, 0.29) is 29.1 Å². The van der Waals surface area contributed by atoms with Crippen LogP contribution < -0.4 is 0 Å². The molecule has 4 aliphatic carbocycles. The van der Waals surface area contributed by atoms with Crippen LogP contribution in [0.25, 0.3) is 0 Å². The van der Waals surface area contributed by atoms with Crippen molar-refractivity contribution in [3.05, 3.63) is 0 Å². The van der Waals surface area contributed by atoms with Gasteiger partial charge in [0.25, 0.3) is 0 Å². The third-order valence-corrected chi connectivity index (χ3v) is 8.93. The van der Waals surface area contributed by atoms with Crippen LogP contribution in [0.1, 0.15) is 65.7 Å². The number of rotatable bonds is 0. The van der Waals surface area contributed by atoms with E-state index in [1.165, 1.54) is 0 Å². The van der Waals surface area contributed by atoms with Gasteiger partial charge in [-0.2, -0.15) is 0 Å². The van der Waals surface area contributed by atoms with E-state index in [4.69, 9.17) is 0 Å². The zero-order valence-corrected chi connectivity index (χ0v) is 14.9. The van der Waals surface area contributed by atoms with Crippen molar-refractivity contribution in [1.29, 1.82) is 0 Å². The average Bonchev–Trinajstić information content (AvgIpc) is 2.73. The molecule has 0 heterocycles. The Balaban J connectivity index is 1.68. The van der Waals surface area contributed by atoms with Gasteiger partial charge in [-0.15, -0.1) is 0 Å². The first-order valence-corrected chi connectivity index (χ1v) is 9.81. The van der Waals surface area contributed by atoms with Crippen molar-refractivity contribution in [3.8, 4) is 0 Å². The van der Waals surface area contributed by atoms with Gasteiger partial charge in [0, 0.05) is 0 Å². The molecule has 132 valence electrons. The standard InChI is InChI=1S/C20H34O3/c1-11-8-15-17-14(5-7-20(15,3)18(11)23)19(2)6-4-13(21)9-12(19)10-16(17)22/h11-18,21-23H,4-10H2,1-3H3/t11-,12-,13-,14?,15?,16-,17?,18+,19-,20-/m0/s1. The summed E-state index contributed by atoms with van der Waals surface area (Å²) in [5.41, 5.74) is 0.278. The van der Waals surface area contributed by atoms with Gasteiger partial charge in [0.15, 0.2) is 0 Å². The molecule has 0 aromatic heterocycles. The summed E-state index contributed by atoms with van der Waals surface area (Å²) >= 11 is 0. The summed E-state index contributed by atoms with van der Waals surface area (Å²) in [6.45, 7) is 6.89. The van der Waals surface area contributed by atoms with Gasteiger partial charge in [0.2, 0.25) is 0 Å². The molecule has 3 N–H and O–H groups in total. The van der Waals surface area contributed by atoms with E-state index < -0.39 is 0 Å². The Morgan fingerprint density at radius 2 is 1.52 bits per heavy atom. The first-order chi connectivity index (χ1) is 10.8. The van der Waals surface area contributed by atoms with Crippen LogP contribution in [0, 0.1) is 40.4 Å². The lowest BCUT2D eigenvalue weighted by atomic mass is 9.44. The summed E-state index contributed by atoms with van der Waals surface area (Å²) < 4.78 is 0. The Hall–Kier alpha value is -0.120. The normalized spacial score (nSPS) is 62.3. The summed E-state index contributed by atoms with van der Waals surface area (Å²) in [6.07, 6.45) is 6.44. The first-order valence-electron chi connectivity index (χ1n) is 9.81. The van der Waals surface area contributed by atoms with E-state index in [0.717, 1.165) is 44.9 Å². The van der Waals surface area contributed by atoms with Gasteiger partial charge < -0.3 is 15.3 Å². The molecule has 4 saturated carbocycles. The first kappa shape index (κ1) is 16.4. The molecule has 0 spiro atoms. The maximum atomic E-state index is 11.0. The van der Waals surface area contributed by atoms with Crippen LogP contribution in [0.3, 0.4) is 0 Å². The predicted octanol–water partition coefficient (Wildman–Crippen LogP) is 2.97. The molecule has 0 aromatic carbocycles. The van der Waals surface area contributed by atoms with Crippen LogP contribution in [-0.4, -0.2) is 33.6 Å². The summed E-state index contributed by atoms with van der Waals surface area (Å²) in [5, 5.41) is 31.9. The molecule has 0 saturated heterocycles. The quantitative estimate of drug-likeness (QED) is 0.642. The molecule has 3 nitrogen and oxygen atoms in total. The molecule has 0 radical (unpaired) electrons. The second-order valence-corrected chi connectivity index (χ2v) is 9.93. The molecule has 4 aliphatic rings. The topological polar surface area (TPSA) is 60.7 Å². The highest BCUT2D eigenvalue weighted by atomic mass is 16.3. The summed E-state index contributed by atoms with van der Waals surface area (Å²) in [4.78, 5) is 0. The van der Waals surface area contributed by atoms with Gasteiger partial charge >= 0.3 is 0 Å². The smallest absolute Gasteiger partial charge is 0.0622 e. The monoisotopic (exact) mass is 322 g/mol. The fraction of sp³-hybridized carbons (Fsp3) is 1.00. The summed E-state index contributed by atoms with van der Waals surface area (Å²) in [6, 6.07) is 0. The average molecular weight is 322 g/mol. The predicted molar refractivity (Wildman–Crippen MR) is 89.7 cm³/mol. The minimum atomic E-state index is -0.245. The van der Waals surface area contributed by atoms with E-state index >= 15 is 0 Å². The van der Waals surface area contributed by atoms with Crippen LogP contribution in [-0.2, 0) is 0 Å². The highest BCUT2D eigenvalue weighted by molar-refractivity contribution is 5.12. The van der Waals surface area contributed by atoms with Crippen molar-refractivity contribution in [3.63, 3.8) is 0 Å². The highest BCUT2D eigenvalue weighted by Gasteiger charge is 2.63. The van der Waals surface area contributed by atoms with Crippen molar-refractivity contribution in [2.45, 2.75) is 84.0 Å². The number of hydrogen-bond donors (Lipinski definition) is 3. The van der Waals surface area contributed by atoms with E-state index in [9.17, 15) is 15.3 Å². The lowest BCUT2D eigenvalue weighted by Crippen LogP contribution is -2.58. The molecule has 3 unspecified atom stereocenters. The maximum Gasteiger partial charge on any atom is 0.0622 e. The van der Waals surface area contributed by atoms with Crippen molar-refractivity contribution >= 4 is 0 Å². The molecule has 3 heteroatoms. The molecular formula is C20H34O3. The Morgan fingerprint density at radius 3 is 2.26 bits per heavy atom. The molecule has 23 heavy (non-hydrogen) atoms. The maximum absolute atomic E-state index is 11.0. The minimum Gasteiger partial charge on any atom is -0.393 e. The van der Waals surface area contributed by atoms with Crippen LogP contribution >= 0.6 is 0 Å². The number of aliphatic hydroxyl groups excluding tert-OH is 3. The zero-order valence-electron chi connectivity index (χ0n) is 14.9. The third kappa shape index (κ3) is 2.12. The van der Waals surface area contributed by atoms with E-state index in [1.807, 2.05) is 0 Å². The molecule has 0 bridgehead atoms. The Kier molecular flexibility index (Phi) is 3.69. The van der Waals surface area contributed by atoms with Gasteiger partial charge in [-0.25, -0.2) is 0 Å². The second-order valence-electron chi connectivity index (χ2n) is 9.93. The van der Waals surface area contributed by atoms with Crippen LogP contribution in [0.5, 0.6) is 0 Å². The number of fused-ring (bicyclic) bond motifs is 5. The van der Waals surface area contributed by atoms with E-state index in [2.05, 4.69) is 20.8 Å².